The normalized spacial score (nSPS) is 13.2. The Balaban J connectivity index is 2.74. The summed E-state index contributed by atoms with van der Waals surface area (Å²) in [5.41, 5.74) is 1.18. The van der Waals surface area contributed by atoms with Gasteiger partial charge in [-0.2, -0.15) is 0 Å². The summed E-state index contributed by atoms with van der Waals surface area (Å²) in [5.74, 6) is 0.122. The fourth-order valence-corrected chi connectivity index (χ4v) is 1.84. The Kier molecular flexibility index (Phi) is 2.47. The highest BCUT2D eigenvalue weighted by Gasteiger charge is 2.12. The molecular formula is C11H14N2O3. The van der Waals surface area contributed by atoms with Crippen molar-refractivity contribution >= 4 is 11.0 Å². The van der Waals surface area contributed by atoms with Gasteiger partial charge in [0.15, 0.2) is 0 Å². The van der Waals surface area contributed by atoms with Gasteiger partial charge in [-0.3, -0.25) is 9.13 Å². The fraction of sp³-hybridized carbons (Fsp3) is 0.364. The summed E-state index contributed by atoms with van der Waals surface area (Å²) in [6, 6.07) is 4.74. The van der Waals surface area contributed by atoms with Crippen molar-refractivity contribution in [3.8, 4) is 5.75 Å². The number of aryl methyl sites for hydroxylation is 1. The third-order valence-corrected chi connectivity index (χ3v) is 2.58. The molecule has 1 aromatic heterocycles. The van der Waals surface area contributed by atoms with Gasteiger partial charge in [-0.25, -0.2) is 4.79 Å². The summed E-state index contributed by atoms with van der Waals surface area (Å²) in [6.45, 7) is 1.88. The van der Waals surface area contributed by atoms with Crippen molar-refractivity contribution in [2.24, 2.45) is 7.05 Å². The minimum atomic E-state index is -0.586. The fourth-order valence-electron chi connectivity index (χ4n) is 1.84. The van der Waals surface area contributed by atoms with Crippen LogP contribution in [0.5, 0.6) is 5.75 Å². The van der Waals surface area contributed by atoms with Crippen molar-refractivity contribution < 1.29 is 10.2 Å². The van der Waals surface area contributed by atoms with Crippen molar-refractivity contribution in [1.29, 1.82) is 0 Å². The smallest absolute Gasteiger partial charge is 0.328 e. The Morgan fingerprint density at radius 2 is 2.06 bits per heavy atom. The van der Waals surface area contributed by atoms with Gasteiger partial charge in [-0.15, -0.1) is 0 Å². The molecule has 0 aliphatic rings. The molecule has 5 nitrogen and oxygen atoms in total. The number of benzene rings is 1. The van der Waals surface area contributed by atoms with Crippen LogP contribution in [0.2, 0.25) is 0 Å². The van der Waals surface area contributed by atoms with Crippen molar-refractivity contribution in [3.63, 3.8) is 0 Å². The maximum absolute atomic E-state index is 11.9. The van der Waals surface area contributed by atoms with Crippen LogP contribution in [0.15, 0.2) is 23.0 Å². The Morgan fingerprint density at radius 1 is 1.38 bits per heavy atom. The third-order valence-electron chi connectivity index (χ3n) is 2.58. The lowest BCUT2D eigenvalue weighted by molar-refractivity contribution is 0.173. The lowest BCUT2D eigenvalue weighted by Crippen LogP contribution is -2.26. The number of nitrogens with zero attached hydrogens (tertiary/aromatic N) is 2. The largest absolute Gasteiger partial charge is 0.508 e. The molecule has 0 saturated heterocycles. The number of rotatable bonds is 2. The number of hydrogen-bond donors (Lipinski definition) is 2. The van der Waals surface area contributed by atoms with Crippen molar-refractivity contribution in [1.82, 2.24) is 9.13 Å². The topological polar surface area (TPSA) is 67.4 Å². The zero-order valence-corrected chi connectivity index (χ0v) is 9.21. The van der Waals surface area contributed by atoms with Gasteiger partial charge in [0.05, 0.1) is 23.7 Å². The summed E-state index contributed by atoms with van der Waals surface area (Å²) in [6.07, 6.45) is -0.586. The molecule has 0 bridgehead atoms. The Morgan fingerprint density at radius 3 is 2.69 bits per heavy atom. The standard InChI is InChI=1S/C11H14N2O3/c1-7(14)6-13-9-4-3-8(15)5-10(9)12(2)11(13)16/h3-5,7,14-15H,6H2,1-2H3. The molecule has 2 rings (SSSR count). The van der Waals surface area contributed by atoms with Gasteiger partial charge in [-0.1, -0.05) is 0 Å². The van der Waals surface area contributed by atoms with E-state index in [0.29, 0.717) is 11.0 Å². The summed E-state index contributed by atoms with van der Waals surface area (Å²) >= 11 is 0. The lowest BCUT2D eigenvalue weighted by atomic mass is 10.3. The van der Waals surface area contributed by atoms with Crippen LogP contribution in [-0.2, 0) is 13.6 Å². The minimum absolute atomic E-state index is 0.122. The molecule has 1 atom stereocenters. The van der Waals surface area contributed by atoms with E-state index in [9.17, 15) is 15.0 Å². The highest BCUT2D eigenvalue weighted by atomic mass is 16.3. The average Bonchev–Trinajstić information content (AvgIpc) is 2.43. The molecule has 1 unspecified atom stereocenters. The Labute approximate surface area is 92.2 Å². The van der Waals surface area contributed by atoms with E-state index in [-0.39, 0.29) is 18.0 Å². The first-order valence-electron chi connectivity index (χ1n) is 5.07. The molecule has 5 heteroatoms. The number of imidazole rings is 1. The number of phenols is 1. The van der Waals surface area contributed by atoms with Gasteiger partial charge >= 0.3 is 5.69 Å². The number of aliphatic hydroxyl groups is 1. The SMILES string of the molecule is CC(O)Cn1c(=O)n(C)c2cc(O)ccc21. The van der Waals surface area contributed by atoms with Crippen molar-refractivity contribution in [2.75, 3.05) is 0 Å². The van der Waals surface area contributed by atoms with E-state index in [1.807, 2.05) is 0 Å². The average molecular weight is 222 g/mol. The maximum Gasteiger partial charge on any atom is 0.328 e. The molecule has 0 amide bonds. The van der Waals surface area contributed by atoms with E-state index in [4.69, 9.17) is 0 Å². The van der Waals surface area contributed by atoms with Crippen LogP contribution < -0.4 is 5.69 Å². The first-order valence-corrected chi connectivity index (χ1v) is 5.07. The maximum atomic E-state index is 11.9. The quantitative estimate of drug-likeness (QED) is 0.774. The number of hydrogen-bond acceptors (Lipinski definition) is 3. The molecule has 0 spiro atoms. The van der Waals surface area contributed by atoms with Crippen LogP contribution >= 0.6 is 0 Å². The Hall–Kier alpha value is -1.75. The highest BCUT2D eigenvalue weighted by molar-refractivity contribution is 5.77. The molecule has 0 aliphatic heterocycles. The van der Waals surface area contributed by atoms with E-state index >= 15 is 0 Å². The van der Waals surface area contributed by atoms with Crippen LogP contribution in [0.1, 0.15) is 6.92 Å². The predicted octanol–water partition coefficient (Wildman–Crippen LogP) is 0.426. The van der Waals surface area contributed by atoms with Crippen LogP contribution in [-0.4, -0.2) is 25.5 Å². The zero-order chi connectivity index (χ0) is 11.9. The molecular weight excluding hydrogens is 208 g/mol. The number of aliphatic hydroxyl groups excluding tert-OH is 1. The molecule has 0 aliphatic carbocycles. The van der Waals surface area contributed by atoms with Crippen LogP contribution in [0.25, 0.3) is 11.0 Å². The van der Waals surface area contributed by atoms with Crippen LogP contribution in [0.3, 0.4) is 0 Å². The molecule has 1 aromatic carbocycles. The van der Waals surface area contributed by atoms with Gasteiger partial charge < -0.3 is 10.2 Å². The number of aromatic hydroxyl groups is 1. The molecule has 2 N–H and O–H groups in total. The number of fused-ring (bicyclic) bond motifs is 1. The van der Waals surface area contributed by atoms with Crippen LogP contribution in [0.4, 0.5) is 0 Å². The van der Waals surface area contributed by atoms with E-state index in [1.54, 1.807) is 20.0 Å². The number of aromatic nitrogens is 2. The second kappa shape index (κ2) is 3.68. The van der Waals surface area contributed by atoms with Gasteiger partial charge in [0.25, 0.3) is 0 Å². The van der Waals surface area contributed by atoms with Gasteiger partial charge in [0.1, 0.15) is 5.75 Å². The van der Waals surface area contributed by atoms with E-state index in [2.05, 4.69) is 0 Å². The summed E-state index contributed by atoms with van der Waals surface area (Å²) in [5, 5.41) is 18.7. The van der Waals surface area contributed by atoms with E-state index < -0.39 is 6.10 Å². The zero-order valence-electron chi connectivity index (χ0n) is 9.21. The molecule has 0 radical (unpaired) electrons. The number of phenolic OH excluding ortho intramolecular Hbond substituents is 1. The molecule has 1 heterocycles. The first-order chi connectivity index (χ1) is 7.50. The van der Waals surface area contributed by atoms with Crippen molar-refractivity contribution in [3.05, 3.63) is 28.7 Å². The van der Waals surface area contributed by atoms with Crippen LogP contribution in [0, 0.1) is 0 Å². The minimum Gasteiger partial charge on any atom is -0.508 e. The van der Waals surface area contributed by atoms with Gasteiger partial charge in [0.2, 0.25) is 0 Å². The molecule has 86 valence electrons. The summed E-state index contributed by atoms with van der Waals surface area (Å²) in [4.78, 5) is 11.9. The summed E-state index contributed by atoms with van der Waals surface area (Å²) < 4.78 is 2.96. The second-order valence-electron chi connectivity index (χ2n) is 3.97. The third kappa shape index (κ3) is 1.59. The molecule has 0 fully saturated rings. The second-order valence-corrected chi connectivity index (χ2v) is 3.97. The summed E-state index contributed by atoms with van der Waals surface area (Å²) in [7, 11) is 1.64. The van der Waals surface area contributed by atoms with Crippen molar-refractivity contribution in [2.45, 2.75) is 19.6 Å². The predicted molar refractivity (Wildman–Crippen MR) is 60.5 cm³/mol. The first kappa shape index (κ1) is 10.8. The van der Waals surface area contributed by atoms with E-state index in [1.165, 1.54) is 21.3 Å². The molecule has 16 heavy (non-hydrogen) atoms. The Bertz CT molecular complexity index is 581. The molecule has 2 aromatic rings. The lowest BCUT2D eigenvalue weighted by Gasteiger charge is -2.05. The monoisotopic (exact) mass is 222 g/mol. The van der Waals surface area contributed by atoms with Gasteiger partial charge in [-0.05, 0) is 19.1 Å². The van der Waals surface area contributed by atoms with Gasteiger partial charge in [0, 0.05) is 13.1 Å². The van der Waals surface area contributed by atoms with E-state index in [0.717, 1.165) is 0 Å². The molecule has 0 saturated carbocycles. The highest BCUT2D eigenvalue weighted by Crippen LogP contribution is 2.18.